The average Bonchev–Trinajstić information content (AvgIpc) is 2.37. The van der Waals surface area contributed by atoms with Crippen LogP contribution in [0.2, 0.25) is 0 Å². The van der Waals surface area contributed by atoms with Gasteiger partial charge in [0.1, 0.15) is 11.5 Å². The average molecular weight is 284 g/mol. The minimum atomic E-state index is -0.312. The predicted octanol–water partition coefficient (Wildman–Crippen LogP) is 2.48. The maximum absolute atomic E-state index is 12.0. The molecule has 2 aromatic carbocycles. The van der Waals surface area contributed by atoms with E-state index < -0.39 is 0 Å². The van der Waals surface area contributed by atoms with Gasteiger partial charge in [-0.25, -0.2) is 5.43 Å². The molecule has 0 aliphatic rings. The second-order valence-corrected chi connectivity index (χ2v) is 4.80. The van der Waals surface area contributed by atoms with Crippen LogP contribution in [0.3, 0.4) is 0 Å². The summed E-state index contributed by atoms with van der Waals surface area (Å²) in [7, 11) is 0. The minimum Gasteiger partial charge on any atom is -0.508 e. The van der Waals surface area contributed by atoms with Crippen molar-refractivity contribution in [3.63, 3.8) is 0 Å². The molecule has 2 rings (SSSR count). The number of aromatic hydroxyl groups is 2. The van der Waals surface area contributed by atoms with Crippen LogP contribution in [-0.2, 0) is 0 Å². The van der Waals surface area contributed by atoms with Crippen LogP contribution in [0, 0.1) is 13.8 Å². The van der Waals surface area contributed by atoms with Gasteiger partial charge >= 0.3 is 0 Å². The summed E-state index contributed by atoms with van der Waals surface area (Å²) < 4.78 is 0. The predicted molar refractivity (Wildman–Crippen MR) is 80.7 cm³/mol. The third-order valence-electron chi connectivity index (χ3n) is 2.93. The lowest BCUT2D eigenvalue weighted by Gasteiger charge is -2.05. The maximum atomic E-state index is 12.0. The van der Waals surface area contributed by atoms with Gasteiger partial charge in [-0.05, 0) is 37.6 Å². The molecule has 0 atom stereocenters. The first kappa shape index (κ1) is 14.6. The molecule has 0 spiro atoms. The first-order valence-electron chi connectivity index (χ1n) is 6.39. The molecule has 21 heavy (non-hydrogen) atoms. The molecule has 0 aliphatic heterocycles. The standard InChI is InChI=1S/C16H16N2O3/c1-10-3-4-15(11(2)5-10)16(21)18-17-9-12-6-13(19)8-14(20)7-12/h3-9,19-20H,1-2H3,(H,18,21)/b17-9-. The molecular formula is C16H16N2O3. The Morgan fingerprint density at radius 3 is 2.38 bits per heavy atom. The molecule has 108 valence electrons. The van der Waals surface area contributed by atoms with Gasteiger partial charge in [0.2, 0.25) is 0 Å². The highest BCUT2D eigenvalue weighted by atomic mass is 16.3. The Morgan fingerprint density at radius 2 is 1.76 bits per heavy atom. The number of hydrazone groups is 1. The zero-order valence-corrected chi connectivity index (χ0v) is 11.8. The fourth-order valence-corrected chi connectivity index (χ4v) is 1.99. The van der Waals surface area contributed by atoms with Crippen molar-refractivity contribution in [1.82, 2.24) is 5.43 Å². The van der Waals surface area contributed by atoms with E-state index in [4.69, 9.17) is 0 Å². The van der Waals surface area contributed by atoms with Crippen molar-refractivity contribution in [1.29, 1.82) is 0 Å². The highest BCUT2D eigenvalue weighted by Gasteiger charge is 2.07. The summed E-state index contributed by atoms with van der Waals surface area (Å²) in [5.41, 5.74) is 5.41. The van der Waals surface area contributed by atoms with Gasteiger partial charge in [-0.2, -0.15) is 5.10 Å². The van der Waals surface area contributed by atoms with E-state index >= 15 is 0 Å². The molecule has 3 N–H and O–H groups in total. The molecule has 0 heterocycles. The van der Waals surface area contributed by atoms with Gasteiger partial charge in [0, 0.05) is 17.2 Å². The molecular weight excluding hydrogens is 268 g/mol. The number of aryl methyl sites for hydroxylation is 2. The van der Waals surface area contributed by atoms with E-state index in [1.54, 1.807) is 6.07 Å². The van der Waals surface area contributed by atoms with Crippen molar-refractivity contribution in [2.45, 2.75) is 13.8 Å². The third-order valence-corrected chi connectivity index (χ3v) is 2.93. The maximum Gasteiger partial charge on any atom is 0.271 e. The lowest BCUT2D eigenvalue weighted by molar-refractivity contribution is 0.0954. The molecule has 0 aromatic heterocycles. The number of amides is 1. The van der Waals surface area contributed by atoms with Gasteiger partial charge in [-0.3, -0.25) is 4.79 Å². The van der Waals surface area contributed by atoms with E-state index in [2.05, 4.69) is 10.5 Å². The molecule has 5 heteroatoms. The van der Waals surface area contributed by atoms with Gasteiger partial charge in [-0.15, -0.1) is 0 Å². The van der Waals surface area contributed by atoms with Crippen LogP contribution < -0.4 is 5.43 Å². The Kier molecular flexibility index (Phi) is 4.23. The van der Waals surface area contributed by atoms with Crippen LogP contribution in [-0.4, -0.2) is 22.3 Å². The van der Waals surface area contributed by atoms with Crippen molar-refractivity contribution in [2.24, 2.45) is 5.10 Å². The Morgan fingerprint density at radius 1 is 1.10 bits per heavy atom. The summed E-state index contributed by atoms with van der Waals surface area (Å²) in [6.07, 6.45) is 1.35. The van der Waals surface area contributed by atoms with Gasteiger partial charge in [0.25, 0.3) is 5.91 Å². The number of carbonyl (C=O) groups excluding carboxylic acids is 1. The van der Waals surface area contributed by atoms with Crippen LogP contribution in [0.25, 0.3) is 0 Å². The van der Waals surface area contributed by atoms with E-state index in [0.29, 0.717) is 11.1 Å². The van der Waals surface area contributed by atoms with Crippen molar-refractivity contribution < 1.29 is 15.0 Å². The van der Waals surface area contributed by atoms with Gasteiger partial charge < -0.3 is 10.2 Å². The number of hydrogen-bond donors (Lipinski definition) is 3. The highest BCUT2D eigenvalue weighted by Crippen LogP contribution is 2.19. The van der Waals surface area contributed by atoms with Crippen LogP contribution in [0.4, 0.5) is 0 Å². The van der Waals surface area contributed by atoms with E-state index in [9.17, 15) is 15.0 Å². The lowest BCUT2D eigenvalue weighted by atomic mass is 10.1. The zero-order valence-electron chi connectivity index (χ0n) is 11.8. The Bertz CT molecular complexity index is 688. The molecule has 1 amide bonds. The summed E-state index contributed by atoms with van der Waals surface area (Å²) in [4.78, 5) is 12.0. The Balaban J connectivity index is 2.08. The molecule has 0 fully saturated rings. The number of phenolic OH excluding ortho intramolecular Hbond substituents is 2. The molecule has 2 aromatic rings. The monoisotopic (exact) mass is 284 g/mol. The summed E-state index contributed by atoms with van der Waals surface area (Å²) in [6.45, 7) is 3.82. The molecule has 0 saturated carbocycles. The fourth-order valence-electron chi connectivity index (χ4n) is 1.99. The number of nitrogens with zero attached hydrogens (tertiary/aromatic N) is 1. The number of phenols is 2. The smallest absolute Gasteiger partial charge is 0.271 e. The van der Waals surface area contributed by atoms with Gasteiger partial charge in [0.05, 0.1) is 6.21 Å². The molecule has 0 bridgehead atoms. The van der Waals surface area contributed by atoms with Gasteiger partial charge in [-0.1, -0.05) is 17.7 Å². The summed E-state index contributed by atoms with van der Waals surface area (Å²) >= 11 is 0. The number of hydrogen-bond acceptors (Lipinski definition) is 4. The second kappa shape index (κ2) is 6.09. The Hall–Kier alpha value is -2.82. The highest BCUT2D eigenvalue weighted by molar-refractivity contribution is 5.96. The van der Waals surface area contributed by atoms with Crippen LogP contribution in [0.1, 0.15) is 27.0 Å². The number of carbonyl (C=O) groups is 1. The molecule has 0 saturated heterocycles. The molecule has 0 radical (unpaired) electrons. The van der Waals surface area contributed by atoms with Gasteiger partial charge in [0.15, 0.2) is 0 Å². The van der Waals surface area contributed by atoms with Crippen LogP contribution >= 0.6 is 0 Å². The summed E-state index contributed by atoms with van der Waals surface area (Å²) in [6, 6.07) is 9.59. The third kappa shape index (κ3) is 3.82. The topological polar surface area (TPSA) is 81.9 Å². The summed E-state index contributed by atoms with van der Waals surface area (Å²) in [5, 5.41) is 22.5. The van der Waals surface area contributed by atoms with E-state index in [1.165, 1.54) is 24.4 Å². The first-order chi connectivity index (χ1) is 9.95. The molecule has 5 nitrogen and oxygen atoms in total. The van der Waals surface area contributed by atoms with E-state index in [-0.39, 0.29) is 17.4 Å². The van der Waals surface area contributed by atoms with Crippen LogP contribution in [0.5, 0.6) is 11.5 Å². The summed E-state index contributed by atoms with van der Waals surface area (Å²) in [5.74, 6) is -0.456. The van der Waals surface area contributed by atoms with Crippen molar-refractivity contribution in [3.8, 4) is 11.5 Å². The number of rotatable bonds is 3. The van der Waals surface area contributed by atoms with E-state index in [1.807, 2.05) is 26.0 Å². The molecule has 0 unspecified atom stereocenters. The van der Waals surface area contributed by atoms with Crippen molar-refractivity contribution in [2.75, 3.05) is 0 Å². The zero-order chi connectivity index (χ0) is 15.4. The van der Waals surface area contributed by atoms with E-state index in [0.717, 1.165) is 11.1 Å². The normalized spacial score (nSPS) is 10.8. The second-order valence-electron chi connectivity index (χ2n) is 4.80. The molecule has 0 aliphatic carbocycles. The van der Waals surface area contributed by atoms with Crippen molar-refractivity contribution in [3.05, 3.63) is 58.7 Å². The largest absolute Gasteiger partial charge is 0.508 e. The van der Waals surface area contributed by atoms with Crippen molar-refractivity contribution >= 4 is 12.1 Å². The number of nitrogens with one attached hydrogen (secondary N) is 1. The Labute approximate surface area is 122 Å². The SMILES string of the molecule is Cc1ccc(C(=O)N/N=C\c2cc(O)cc(O)c2)c(C)c1. The van der Waals surface area contributed by atoms with Crippen LogP contribution in [0.15, 0.2) is 41.5 Å². The minimum absolute atomic E-state index is 0.0721. The quantitative estimate of drug-likeness (QED) is 0.598. The lowest BCUT2D eigenvalue weighted by Crippen LogP contribution is -2.18. The first-order valence-corrected chi connectivity index (χ1v) is 6.39. The fraction of sp³-hybridized carbons (Fsp3) is 0.125. The number of benzene rings is 2.